The van der Waals surface area contributed by atoms with Crippen molar-refractivity contribution in [2.45, 2.75) is 71.6 Å². The van der Waals surface area contributed by atoms with Crippen molar-refractivity contribution in [2.24, 2.45) is 0 Å². The number of urea groups is 1. The lowest BCUT2D eigenvalue weighted by Crippen LogP contribution is -2.43. The molecule has 1 saturated heterocycles. The van der Waals surface area contributed by atoms with Gasteiger partial charge in [-0.1, -0.05) is 50.2 Å². The molecule has 1 unspecified atom stereocenters. The summed E-state index contributed by atoms with van der Waals surface area (Å²) in [6.45, 7) is 13.0. The van der Waals surface area contributed by atoms with Gasteiger partial charge in [0.05, 0.1) is 6.04 Å². The van der Waals surface area contributed by atoms with Gasteiger partial charge in [0.2, 0.25) is 11.7 Å². The van der Waals surface area contributed by atoms with Gasteiger partial charge in [0, 0.05) is 30.6 Å². The standard InChI is InChI=1S/C23H33N5O4/c1-22(2,3)19-26-18(27-32-19)16-9-7-15(8-10-16)13-24-20(29)28-12-11-17(14-28)25-21(30)31-23(4,5)6/h7-10,17H,11-14H2,1-6H3,(H,24,29)(H,25,30). The van der Waals surface area contributed by atoms with E-state index in [4.69, 9.17) is 9.26 Å². The molecule has 1 aliphatic rings. The maximum absolute atomic E-state index is 12.5. The highest BCUT2D eigenvalue weighted by Gasteiger charge is 2.28. The van der Waals surface area contributed by atoms with E-state index in [0.29, 0.717) is 37.8 Å². The van der Waals surface area contributed by atoms with Gasteiger partial charge < -0.3 is 24.8 Å². The van der Waals surface area contributed by atoms with Crippen molar-refractivity contribution in [2.75, 3.05) is 13.1 Å². The molecule has 1 atom stereocenters. The molecule has 3 amide bonds. The summed E-state index contributed by atoms with van der Waals surface area (Å²) in [5.41, 5.74) is 1.07. The van der Waals surface area contributed by atoms with Crippen LogP contribution in [0.4, 0.5) is 9.59 Å². The molecule has 0 saturated carbocycles. The molecule has 2 heterocycles. The van der Waals surface area contributed by atoms with Crippen LogP contribution in [0.3, 0.4) is 0 Å². The normalized spacial score (nSPS) is 16.7. The summed E-state index contributed by atoms with van der Waals surface area (Å²) < 4.78 is 10.6. The van der Waals surface area contributed by atoms with Crippen LogP contribution in [-0.4, -0.2) is 51.9 Å². The van der Waals surface area contributed by atoms with Crippen LogP contribution in [0, 0.1) is 0 Å². The molecule has 1 fully saturated rings. The zero-order valence-electron chi connectivity index (χ0n) is 19.7. The average molecular weight is 444 g/mol. The predicted octanol–water partition coefficient (Wildman–Crippen LogP) is 3.84. The van der Waals surface area contributed by atoms with Crippen LogP contribution >= 0.6 is 0 Å². The minimum atomic E-state index is -0.548. The van der Waals surface area contributed by atoms with Crippen LogP contribution in [0.15, 0.2) is 28.8 Å². The Labute approximate surface area is 188 Å². The Morgan fingerprint density at radius 2 is 1.84 bits per heavy atom. The Bertz CT molecular complexity index is 941. The van der Waals surface area contributed by atoms with Crippen LogP contribution in [0.1, 0.15) is 59.4 Å². The molecule has 0 bridgehead atoms. The number of carbonyl (C=O) groups excluding carboxylic acids is 2. The fourth-order valence-corrected chi connectivity index (χ4v) is 3.24. The molecule has 9 nitrogen and oxygen atoms in total. The third-order valence-corrected chi connectivity index (χ3v) is 4.92. The van der Waals surface area contributed by atoms with Crippen molar-refractivity contribution in [1.82, 2.24) is 25.7 Å². The molecule has 2 N–H and O–H groups in total. The Hall–Kier alpha value is -3.10. The first-order valence-electron chi connectivity index (χ1n) is 10.9. The minimum absolute atomic E-state index is 0.108. The topological polar surface area (TPSA) is 110 Å². The molecule has 1 aromatic carbocycles. The minimum Gasteiger partial charge on any atom is -0.444 e. The zero-order valence-corrected chi connectivity index (χ0v) is 19.7. The molecule has 174 valence electrons. The van der Waals surface area contributed by atoms with E-state index in [2.05, 4.69) is 20.8 Å². The van der Waals surface area contributed by atoms with E-state index >= 15 is 0 Å². The summed E-state index contributed by atoms with van der Waals surface area (Å²) in [6.07, 6.45) is 0.240. The number of rotatable bonds is 4. The van der Waals surface area contributed by atoms with Crippen molar-refractivity contribution in [3.63, 3.8) is 0 Å². The Morgan fingerprint density at radius 3 is 2.44 bits per heavy atom. The number of alkyl carbamates (subject to hydrolysis) is 1. The number of aromatic nitrogens is 2. The van der Waals surface area contributed by atoms with E-state index in [1.807, 2.05) is 65.8 Å². The summed E-state index contributed by atoms with van der Waals surface area (Å²) >= 11 is 0. The molecule has 2 aromatic rings. The first-order valence-corrected chi connectivity index (χ1v) is 10.9. The molecule has 1 aliphatic heterocycles. The first kappa shape index (κ1) is 23.6. The van der Waals surface area contributed by atoms with Crippen LogP contribution in [0.5, 0.6) is 0 Å². The molecule has 0 aliphatic carbocycles. The second kappa shape index (κ2) is 9.18. The van der Waals surface area contributed by atoms with Crippen molar-refractivity contribution < 1.29 is 18.8 Å². The van der Waals surface area contributed by atoms with E-state index in [-0.39, 0.29) is 17.5 Å². The second-order valence-corrected chi connectivity index (χ2v) is 10.1. The van der Waals surface area contributed by atoms with Gasteiger partial charge in [0.15, 0.2) is 0 Å². The van der Waals surface area contributed by atoms with E-state index in [0.717, 1.165) is 11.1 Å². The molecule has 32 heavy (non-hydrogen) atoms. The molecular weight excluding hydrogens is 410 g/mol. The maximum Gasteiger partial charge on any atom is 0.407 e. The van der Waals surface area contributed by atoms with Gasteiger partial charge in [-0.15, -0.1) is 0 Å². The smallest absolute Gasteiger partial charge is 0.407 e. The van der Waals surface area contributed by atoms with Crippen molar-refractivity contribution >= 4 is 12.1 Å². The molecule has 0 spiro atoms. The lowest BCUT2D eigenvalue weighted by atomic mass is 9.97. The van der Waals surface area contributed by atoms with Gasteiger partial charge in [-0.3, -0.25) is 0 Å². The number of benzene rings is 1. The van der Waals surface area contributed by atoms with Gasteiger partial charge in [-0.25, -0.2) is 9.59 Å². The van der Waals surface area contributed by atoms with Crippen molar-refractivity contribution in [3.8, 4) is 11.4 Å². The summed E-state index contributed by atoms with van der Waals surface area (Å²) in [5.74, 6) is 1.14. The average Bonchev–Trinajstić information content (AvgIpc) is 3.34. The van der Waals surface area contributed by atoms with Gasteiger partial charge in [-0.2, -0.15) is 4.98 Å². The number of amides is 3. The van der Waals surface area contributed by atoms with Crippen molar-refractivity contribution in [1.29, 1.82) is 0 Å². The predicted molar refractivity (Wildman–Crippen MR) is 120 cm³/mol. The number of likely N-dealkylation sites (tertiary alicyclic amines) is 1. The maximum atomic E-state index is 12.5. The number of carbonyl (C=O) groups is 2. The van der Waals surface area contributed by atoms with E-state index < -0.39 is 11.7 Å². The SMILES string of the molecule is CC(C)(C)OC(=O)NC1CCN(C(=O)NCc2ccc(-c3noc(C(C)(C)C)n3)cc2)C1. The molecule has 3 rings (SSSR count). The molecule has 0 radical (unpaired) electrons. The number of hydrogen-bond acceptors (Lipinski definition) is 6. The van der Waals surface area contributed by atoms with Gasteiger partial charge in [0.1, 0.15) is 5.60 Å². The van der Waals surface area contributed by atoms with E-state index in [9.17, 15) is 9.59 Å². The Balaban J connectivity index is 1.47. The second-order valence-electron chi connectivity index (χ2n) is 10.1. The largest absolute Gasteiger partial charge is 0.444 e. The number of ether oxygens (including phenoxy) is 1. The van der Waals surface area contributed by atoms with E-state index in [1.165, 1.54) is 0 Å². The molecular formula is C23H33N5O4. The summed E-state index contributed by atoms with van der Waals surface area (Å²) in [4.78, 5) is 30.6. The summed E-state index contributed by atoms with van der Waals surface area (Å²) in [7, 11) is 0. The lowest BCUT2D eigenvalue weighted by Gasteiger charge is -2.22. The third kappa shape index (κ3) is 6.45. The monoisotopic (exact) mass is 443 g/mol. The highest BCUT2D eigenvalue weighted by Crippen LogP contribution is 2.24. The Morgan fingerprint density at radius 1 is 1.16 bits per heavy atom. The quantitative estimate of drug-likeness (QED) is 0.743. The van der Waals surface area contributed by atoms with Crippen LogP contribution in [-0.2, 0) is 16.7 Å². The van der Waals surface area contributed by atoms with Crippen LogP contribution in [0.2, 0.25) is 0 Å². The van der Waals surface area contributed by atoms with Crippen LogP contribution in [0.25, 0.3) is 11.4 Å². The van der Waals surface area contributed by atoms with E-state index in [1.54, 1.807) is 4.90 Å². The summed E-state index contributed by atoms with van der Waals surface area (Å²) in [6, 6.07) is 7.42. The number of nitrogens with one attached hydrogen (secondary N) is 2. The fourth-order valence-electron chi connectivity index (χ4n) is 3.24. The summed E-state index contributed by atoms with van der Waals surface area (Å²) in [5, 5.41) is 9.81. The first-order chi connectivity index (χ1) is 14.9. The van der Waals surface area contributed by atoms with Gasteiger partial charge in [0.25, 0.3) is 0 Å². The third-order valence-electron chi connectivity index (χ3n) is 4.92. The zero-order chi connectivity index (χ0) is 23.5. The molecule has 9 heteroatoms. The van der Waals surface area contributed by atoms with Gasteiger partial charge in [-0.05, 0) is 32.8 Å². The van der Waals surface area contributed by atoms with Crippen molar-refractivity contribution in [3.05, 3.63) is 35.7 Å². The Kier molecular flexibility index (Phi) is 6.76. The highest BCUT2D eigenvalue weighted by atomic mass is 16.6. The lowest BCUT2D eigenvalue weighted by molar-refractivity contribution is 0.0506. The number of hydrogen-bond donors (Lipinski definition) is 2. The fraction of sp³-hybridized carbons (Fsp3) is 0.565. The highest BCUT2D eigenvalue weighted by molar-refractivity contribution is 5.75. The molecule has 1 aromatic heterocycles. The number of nitrogens with zero attached hydrogens (tertiary/aromatic N) is 3. The van der Waals surface area contributed by atoms with Gasteiger partial charge >= 0.3 is 12.1 Å². The van der Waals surface area contributed by atoms with Crippen LogP contribution < -0.4 is 10.6 Å².